The zero-order valence-corrected chi connectivity index (χ0v) is 6.05. The van der Waals surface area contributed by atoms with Gasteiger partial charge in [-0.3, -0.25) is 0 Å². The van der Waals surface area contributed by atoms with E-state index in [1.165, 1.54) is 25.7 Å². The van der Waals surface area contributed by atoms with Crippen LogP contribution in [0.2, 0.25) is 0 Å². The molecule has 0 radical (unpaired) electrons. The molecular weight excluding hydrogens is 124 g/mol. The van der Waals surface area contributed by atoms with Gasteiger partial charge in [0.25, 0.3) is 0 Å². The Morgan fingerprint density at radius 3 is 2.50 bits per heavy atom. The van der Waals surface area contributed by atoms with Crippen LogP contribution in [0.3, 0.4) is 0 Å². The molecule has 4 fully saturated rings. The van der Waals surface area contributed by atoms with Crippen molar-refractivity contribution in [1.82, 2.24) is 0 Å². The minimum Gasteiger partial charge on any atom is -0.369 e. The van der Waals surface area contributed by atoms with E-state index in [-0.39, 0.29) is 0 Å². The number of fused-ring (bicyclic) bond motifs is 5. The summed E-state index contributed by atoms with van der Waals surface area (Å²) in [6.45, 7) is 0. The van der Waals surface area contributed by atoms with E-state index in [0.717, 1.165) is 29.5 Å². The minimum absolute atomic E-state index is 0.751. The monoisotopic (exact) mass is 136 g/mol. The number of hydrogen-bond donors (Lipinski definition) is 0. The SMILES string of the molecule is C1CC2C1C1OC1C21CC1. The third-order valence-electron chi connectivity index (χ3n) is 4.41. The van der Waals surface area contributed by atoms with Gasteiger partial charge in [0.2, 0.25) is 0 Å². The van der Waals surface area contributed by atoms with E-state index in [1.54, 1.807) is 0 Å². The molecule has 0 aromatic rings. The first-order chi connectivity index (χ1) is 4.92. The van der Waals surface area contributed by atoms with E-state index in [0.29, 0.717) is 0 Å². The Hall–Kier alpha value is -0.0400. The summed E-state index contributed by atoms with van der Waals surface area (Å²) >= 11 is 0. The predicted molar refractivity (Wildman–Crippen MR) is 36.5 cm³/mol. The fraction of sp³-hybridized carbons (Fsp3) is 1.00. The second-order valence-electron chi connectivity index (χ2n) is 4.60. The maximum Gasteiger partial charge on any atom is 0.0903 e. The normalized spacial score (nSPS) is 64.8. The van der Waals surface area contributed by atoms with Gasteiger partial charge in [0.1, 0.15) is 0 Å². The Balaban J connectivity index is 1.84. The number of ether oxygens (including phenoxy) is 1. The largest absolute Gasteiger partial charge is 0.369 e. The Morgan fingerprint density at radius 1 is 1.20 bits per heavy atom. The Bertz CT molecular complexity index is 205. The van der Waals surface area contributed by atoms with Gasteiger partial charge in [-0.05, 0) is 37.5 Å². The molecule has 1 saturated heterocycles. The lowest BCUT2D eigenvalue weighted by Gasteiger charge is -2.36. The fourth-order valence-electron chi connectivity index (χ4n) is 3.56. The molecule has 0 amide bonds. The van der Waals surface area contributed by atoms with Crippen LogP contribution >= 0.6 is 0 Å². The summed E-state index contributed by atoms with van der Waals surface area (Å²) in [7, 11) is 0. The zero-order chi connectivity index (χ0) is 6.34. The van der Waals surface area contributed by atoms with Crippen LogP contribution < -0.4 is 0 Å². The van der Waals surface area contributed by atoms with Gasteiger partial charge in [-0.25, -0.2) is 0 Å². The molecule has 4 atom stereocenters. The third kappa shape index (κ3) is 0.298. The van der Waals surface area contributed by atoms with Crippen LogP contribution in [0.5, 0.6) is 0 Å². The summed E-state index contributed by atoms with van der Waals surface area (Å²) in [5.74, 6) is 2.14. The van der Waals surface area contributed by atoms with E-state index in [9.17, 15) is 0 Å². The molecule has 4 unspecified atom stereocenters. The van der Waals surface area contributed by atoms with Crippen LogP contribution in [0, 0.1) is 17.3 Å². The molecule has 1 nitrogen and oxygen atoms in total. The maximum absolute atomic E-state index is 5.66. The standard InChI is InChI=1S/C9H12O/c1-2-6-5(1)7-8(10-7)9(6)3-4-9/h5-8H,1-4H2. The van der Waals surface area contributed by atoms with Crippen LogP contribution in [0.4, 0.5) is 0 Å². The van der Waals surface area contributed by atoms with E-state index < -0.39 is 0 Å². The van der Waals surface area contributed by atoms with Crippen LogP contribution in [-0.4, -0.2) is 12.2 Å². The predicted octanol–water partition coefficient (Wildman–Crippen LogP) is 1.57. The van der Waals surface area contributed by atoms with Crippen LogP contribution in [0.15, 0.2) is 0 Å². The van der Waals surface area contributed by atoms with E-state index in [1.807, 2.05) is 0 Å². The molecule has 0 N–H and O–H groups in total. The summed E-state index contributed by atoms with van der Waals surface area (Å²) < 4.78 is 5.66. The number of rotatable bonds is 0. The topological polar surface area (TPSA) is 12.5 Å². The van der Waals surface area contributed by atoms with Crippen molar-refractivity contribution in [3.63, 3.8) is 0 Å². The molecule has 1 heterocycles. The molecule has 4 rings (SSSR count). The van der Waals surface area contributed by atoms with Crippen molar-refractivity contribution in [1.29, 1.82) is 0 Å². The molecule has 3 saturated carbocycles. The highest BCUT2D eigenvalue weighted by Gasteiger charge is 2.76. The van der Waals surface area contributed by atoms with Crippen molar-refractivity contribution in [3.05, 3.63) is 0 Å². The molecule has 1 aliphatic heterocycles. The maximum atomic E-state index is 5.66. The van der Waals surface area contributed by atoms with Crippen molar-refractivity contribution in [2.45, 2.75) is 37.9 Å². The average Bonchev–Trinajstić information content (AvgIpc) is 2.55. The van der Waals surface area contributed by atoms with Gasteiger partial charge in [-0.1, -0.05) is 0 Å². The van der Waals surface area contributed by atoms with Gasteiger partial charge >= 0.3 is 0 Å². The van der Waals surface area contributed by atoms with Crippen LogP contribution in [0.25, 0.3) is 0 Å². The summed E-state index contributed by atoms with van der Waals surface area (Å²) in [4.78, 5) is 0. The smallest absolute Gasteiger partial charge is 0.0903 e. The summed E-state index contributed by atoms with van der Waals surface area (Å²) in [5.41, 5.74) is 0.771. The lowest BCUT2D eigenvalue weighted by Crippen LogP contribution is -2.31. The number of epoxide rings is 1. The van der Waals surface area contributed by atoms with Crippen LogP contribution in [0.1, 0.15) is 25.7 Å². The van der Waals surface area contributed by atoms with Crippen molar-refractivity contribution in [2.24, 2.45) is 17.3 Å². The van der Waals surface area contributed by atoms with Gasteiger partial charge in [0, 0.05) is 5.41 Å². The van der Waals surface area contributed by atoms with Gasteiger partial charge in [0.05, 0.1) is 12.2 Å². The first kappa shape index (κ1) is 4.76. The van der Waals surface area contributed by atoms with Gasteiger partial charge in [0.15, 0.2) is 0 Å². The highest BCUT2D eigenvalue weighted by molar-refractivity contribution is 5.24. The molecule has 1 spiro atoms. The highest BCUT2D eigenvalue weighted by atomic mass is 16.6. The quantitative estimate of drug-likeness (QED) is 0.460. The van der Waals surface area contributed by atoms with Gasteiger partial charge in [-0.2, -0.15) is 0 Å². The molecule has 0 bridgehead atoms. The van der Waals surface area contributed by atoms with Gasteiger partial charge < -0.3 is 4.74 Å². The first-order valence-electron chi connectivity index (χ1n) is 4.57. The zero-order valence-electron chi connectivity index (χ0n) is 6.05. The molecule has 54 valence electrons. The van der Waals surface area contributed by atoms with Crippen molar-refractivity contribution < 1.29 is 4.74 Å². The second-order valence-corrected chi connectivity index (χ2v) is 4.60. The molecule has 3 aliphatic carbocycles. The van der Waals surface area contributed by atoms with Gasteiger partial charge in [-0.15, -0.1) is 0 Å². The van der Waals surface area contributed by atoms with Crippen LogP contribution in [-0.2, 0) is 4.74 Å². The van der Waals surface area contributed by atoms with Crippen molar-refractivity contribution >= 4 is 0 Å². The molecule has 0 aromatic carbocycles. The Morgan fingerprint density at radius 2 is 2.10 bits per heavy atom. The van der Waals surface area contributed by atoms with E-state index >= 15 is 0 Å². The minimum atomic E-state index is 0.751. The van der Waals surface area contributed by atoms with Crippen molar-refractivity contribution in [3.8, 4) is 0 Å². The first-order valence-corrected chi connectivity index (χ1v) is 4.57. The van der Waals surface area contributed by atoms with Crippen molar-refractivity contribution in [2.75, 3.05) is 0 Å². The highest BCUT2D eigenvalue weighted by Crippen LogP contribution is 2.75. The van der Waals surface area contributed by atoms with E-state index in [4.69, 9.17) is 4.74 Å². The third-order valence-corrected chi connectivity index (χ3v) is 4.41. The number of hydrogen-bond acceptors (Lipinski definition) is 1. The lowest BCUT2D eigenvalue weighted by atomic mass is 9.70. The summed E-state index contributed by atoms with van der Waals surface area (Å²) in [5, 5.41) is 0. The summed E-state index contributed by atoms with van der Waals surface area (Å²) in [6, 6.07) is 0. The average molecular weight is 136 g/mol. The molecule has 1 heteroatoms. The molecule has 0 aromatic heterocycles. The second kappa shape index (κ2) is 1.08. The Kier molecular flexibility index (Phi) is 0.513. The fourth-order valence-corrected chi connectivity index (χ4v) is 3.56. The molecular formula is C9H12O. The Labute approximate surface area is 60.7 Å². The molecule has 4 aliphatic rings. The summed E-state index contributed by atoms with van der Waals surface area (Å²) in [6.07, 6.45) is 7.51. The van der Waals surface area contributed by atoms with E-state index in [2.05, 4.69) is 0 Å². The lowest BCUT2D eigenvalue weighted by molar-refractivity contribution is 0.0500. The molecule has 10 heavy (non-hydrogen) atoms.